The molecule has 1 fully saturated rings. The van der Waals surface area contributed by atoms with Gasteiger partial charge in [0.25, 0.3) is 15.9 Å². The van der Waals surface area contributed by atoms with Crippen molar-refractivity contribution in [3.05, 3.63) is 144 Å². The third-order valence-corrected chi connectivity index (χ3v) is 12.6. The van der Waals surface area contributed by atoms with Crippen molar-refractivity contribution in [3.8, 4) is 11.5 Å². The Morgan fingerprint density at radius 3 is 2.41 bits per heavy atom. The van der Waals surface area contributed by atoms with Gasteiger partial charge in [-0.25, -0.2) is 12.4 Å². The van der Waals surface area contributed by atoms with E-state index in [2.05, 4.69) is 15.6 Å². The molecule has 6 aromatic rings. The summed E-state index contributed by atoms with van der Waals surface area (Å²) in [6.45, 7) is 1.65. The van der Waals surface area contributed by atoms with E-state index >= 15 is 0 Å². The third-order valence-electron chi connectivity index (χ3n) is 9.76. The van der Waals surface area contributed by atoms with Crippen LogP contribution in [0.5, 0.6) is 11.5 Å². The van der Waals surface area contributed by atoms with Crippen LogP contribution in [-0.4, -0.2) is 59.1 Å². The van der Waals surface area contributed by atoms with Crippen molar-refractivity contribution in [1.29, 1.82) is 0 Å². The summed E-state index contributed by atoms with van der Waals surface area (Å²) in [4.78, 5) is 49.0. The lowest BCUT2D eigenvalue weighted by atomic mass is 9.96. The first-order chi connectivity index (χ1) is 26.2. The van der Waals surface area contributed by atoms with E-state index in [1.807, 2.05) is 60.7 Å². The Hall–Kier alpha value is -5.92. The molecule has 0 aliphatic carbocycles. The molecule has 0 spiro atoms. The normalized spacial score (nSPS) is 16.9. The van der Waals surface area contributed by atoms with Crippen LogP contribution in [0.4, 0.5) is 0 Å². The second-order valence-corrected chi connectivity index (χ2v) is 16.1. The van der Waals surface area contributed by atoms with Gasteiger partial charge in [-0.15, -0.1) is 0 Å². The number of pyridine rings is 1. The van der Waals surface area contributed by atoms with Crippen LogP contribution in [0.3, 0.4) is 0 Å². The number of hydrogen-bond acceptors (Lipinski definition) is 8. The number of likely N-dealkylation sites (tertiary alicyclic amines) is 1. The maximum atomic E-state index is 14.2. The first-order valence-corrected chi connectivity index (χ1v) is 19.7. The molecule has 3 atom stereocenters. The molecule has 0 saturated carbocycles. The van der Waals surface area contributed by atoms with Gasteiger partial charge in [-0.1, -0.05) is 72.4 Å². The Morgan fingerprint density at radius 2 is 1.61 bits per heavy atom. The molecule has 13 heteroatoms. The van der Waals surface area contributed by atoms with Gasteiger partial charge in [0, 0.05) is 35.8 Å². The molecule has 2 aliphatic rings. The summed E-state index contributed by atoms with van der Waals surface area (Å²) in [5, 5.41) is 6.34. The lowest BCUT2D eigenvalue weighted by Gasteiger charge is -2.26. The number of nitrogens with zero attached hydrogens (tertiary/aromatic N) is 3. The lowest BCUT2D eigenvalue weighted by molar-refractivity contribution is -0.138. The highest BCUT2D eigenvalue weighted by molar-refractivity contribution is 7.99. The van der Waals surface area contributed by atoms with E-state index in [0.29, 0.717) is 40.1 Å². The van der Waals surface area contributed by atoms with Crippen LogP contribution in [0, 0.1) is 0 Å². The van der Waals surface area contributed by atoms with E-state index in [4.69, 9.17) is 4.74 Å². The minimum Gasteiger partial charge on any atom is -0.455 e. The number of hydrogen-bond donors (Lipinski definition) is 2. The molecule has 8 rings (SSSR count). The Balaban J connectivity index is 1.01. The van der Waals surface area contributed by atoms with Crippen LogP contribution >= 0.6 is 11.8 Å². The predicted molar refractivity (Wildman–Crippen MR) is 204 cm³/mol. The fourth-order valence-electron chi connectivity index (χ4n) is 7.06. The van der Waals surface area contributed by atoms with Crippen molar-refractivity contribution in [2.45, 2.75) is 46.0 Å². The highest BCUT2D eigenvalue weighted by atomic mass is 32.2. The molecular weight excluding hydrogens is 723 g/mol. The van der Waals surface area contributed by atoms with Crippen LogP contribution in [-0.2, 0) is 19.6 Å². The SMILES string of the molecule is CC(NC(=O)[C@@H]1C[C@@H](c2ccccc2)CN1C(=O)CNC(=O)c1ccc2c(c1)Oc1ccccc1S2)c1cc2cnccc2n1S(=O)(=O)c1ccccc1. The average Bonchev–Trinajstić information content (AvgIpc) is 3.83. The Labute approximate surface area is 316 Å². The number of fused-ring (bicyclic) bond motifs is 3. The van der Waals surface area contributed by atoms with Crippen molar-refractivity contribution in [2.75, 3.05) is 13.1 Å². The van der Waals surface area contributed by atoms with Gasteiger partial charge in [0.1, 0.15) is 17.5 Å². The second-order valence-electron chi connectivity index (χ2n) is 13.2. The number of ether oxygens (including phenoxy) is 1. The minimum absolute atomic E-state index is 0.103. The van der Waals surface area contributed by atoms with Crippen LogP contribution in [0.2, 0.25) is 0 Å². The number of rotatable bonds is 9. The van der Waals surface area contributed by atoms with Crippen LogP contribution in [0.15, 0.2) is 142 Å². The average molecular weight is 758 g/mol. The van der Waals surface area contributed by atoms with Crippen LogP contribution < -0.4 is 15.4 Å². The summed E-state index contributed by atoms with van der Waals surface area (Å²) in [5.74, 6) is -0.169. The molecule has 2 aliphatic heterocycles. The standard InChI is InChI=1S/C41H35N5O6S2/c1-26(33-20-29-23-42-19-18-32(29)46(33)54(50,51)31-12-6-3-7-13-31)44-41(49)34-21-30(27-10-4-2-5-11-27)25-45(34)39(47)24-43-40(48)28-16-17-38-36(22-28)52-35-14-8-9-15-37(35)53-38/h2-20,22-23,26,30,34H,21,24-25H2,1H3,(H,43,48)(H,44,49)/t26?,30-,34+/m1/s1. The van der Waals surface area contributed by atoms with Gasteiger partial charge >= 0.3 is 0 Å². The Kier molecular flexibility index (Phi) is 9.42. The van der Waals surface area contributed by atoms with Gasteiger partial charge in [0.15, 0.2) is 0 Å². The zero-order chi connectivity index (χ0) is 37.4. The number of carbonyl (C=O) groups is 3. The molecular formula is C41H35N5O6S2. The topological polar surface area (TPSA) is 140 Å². The van der Waals surface area contributed by atoms with Gasteiger partial charge in [-0.3, -0.25) is 19.4 Å². The molecule has 11 nitrogen and oxygen atoms in total. The smallest absolute Gasteiger partial charge is 0.268 e. The maximum Gasteiger partial charge on any atom is 0.268 e. The van der Waals surface area contributed by atoms with E-state index in [1.54, 1.807) is 67.3 Å². The summed E-state index contributed by atoms with van der Waals surface area (Å²) in [6, 6.07) is 32.3. The fourth-order valence-corrected chi connectivity index (χ4v) is 9.62. The van der Waals surface area contributed by atoms with E-state index in [0.717, 1.165) is 15.4 Å². The second kappa shape index (κ2) is 14.5. The third kappa shape index (κ3) is 6.72. The zero-order valence-electron chi connectivity index (χ0n) is 29.1. The zero-order valence-corrected chi connectivity index (χ0v) is 30.7. The summed E-state index contributed by atoms with van der Waals surface area (Å²) < 4.78 is 35.3. The molecule has 0 bridgehead atoms. The largest absolute Gasteiger partial charge is 0.455 e. The van der Waals surface area contributed by atoms with Crippen LogP contribution in [0.25, 0.3) is 10.9 Å². The summed E-state index contributed by atoms with van der Waals surface area (Å²) in [6.07, 6.45) is 3.45. The van der Waals surface area contributed by atoms with Crippen LogP contribution in [0.1, 0.15) is 46.9 Å². The summed E-state index contributed by atoms with van der Waals surface area (Å²) >= 11 is 1.55. The minimum atomic E-state index is -4.05. The highest BCUT2D eigenvalue weighted by Gasteiger charge is 2.41. The Morgan fingerprint density at radius 1 is 0.889 bits per heavy atom. The summed E-state index contributed by atoms with van der Waals surface area (Å²) in [5.41, 5.74) is 2.09. The summed E-state index contributed by atoms with van der Waals surface area (Å²) in [7, 11) is -4.05. The predicted octanol–water partition coefficient (Wildman–Crippen LogP) is 6.52. The van der Waals surface area contributed by atoms with Gasteiger partial charge in [-0.2, -0.15) is 0 Å². The molecule has 0 radical (unpaired) electrons. The van der Waals surface area contributed by atoms with Gasteiger partial charge < -0.3 is 20.3 Å². The van der Waals surface area contributed by atoms with Gasteiger partial charge in [0.05, 0.1) is 38.5 Å². The molecule has 2 N–H and O–H groups in total. The van der Waals surface area contributed by atoms with Gasteiger partial charge in [0.2, 0.25) is 11.8 Å². The lowest BCUT2D eigenvalue weighted by Crippen LogP contribution is -2.49. The quantitative estimate of drug-likeness (QED) is 0.170. The number of para-hydroxylation sites is 1. The fraction of sp³-hybridized carbons (Fsp3) is 0.171. The molecule has 54 heavy (non-hydrogen) atoms. The maximum absolute atomic E-state index is 14.2. The molecule has 4 heterocycles. The van der Waals surface area contributed by atoms with Crippen molar-refractivity contribution in [1.82, 2.24) is 24.5 Å². The van der Waals surface area contributed by atoms with E-state index in [9.17, 15) is 22.8 Å². The van der Waals surface area contributed by atoms with Crippen molar-refractivity contribution in [2.24, 2.45) is 0 Å². The number of nitrogens with one attached hydrogen (secondary N) is 2. The number of carbonyl (C=O) groups excluding carboxylic acids is 3. The first kappa shape index (κ1) is 35.1. The van der Waals surface area contributed by atoms with E-state index in [-0.39, 0.29) is 23.9 Å². The van der Waals surface area contributed by atoms with E-state index in [1.165, 1.54) is 27.2 Å². The molecule has 272 valence electrons. The van der Waals surface area contributed by atoms with Gasteiger partial charge in [-0.05, 0) is 73.5 Å². The monoisotopic (exact) mass is 757 g/mol. The molecule has 1 unspecified atom stereocenters. The molecule has 1 saturated heterocycles. The molecule has 2 aromatic heterocycles. The number of aromatic nitrogens is 2. The van der Waals surface area contributed by atoms with E-state index < -0.39 is 39.8 Å². The number of amides is 3. The molecule has 3 amide bonds. The van der Waals surface area contributed by atoms with Crippen molar-refractivity contribution >= 4 is 50.4 Å². The van der Waals surface area contributed by atoms with Crippen molar-refractivity contribution < 1.29 is 27.5 Å². The molecule has 4 aromatic carbocycles. The Bertz CT molecular complexity index is 2510. The first-order valence-electron chi connectivity index (χ1n) is 17.4. The highest BCUT2D eigenvalue weighted by Crippen LogP contribution is 2.47. The number of benzene rings is 4. The van der Waals surface area contributed by atoms with Crippen molar-refractivity contribution in [3.63, 3.8) is 0 Å².